The Hall–Kier alpha value is -1.45. The van der Waals surface area contributed by atoms with Gasteiger partial charge >= 0.3 is 0 Å². The fraction of sp³-hybridized carbons (Fsp3) is 0.500. The molecule has 1 unspecified atom stereocenters. The molecule has 14 heavy (non-hydrogen) atoms. The third-order valence-corrected chi connectivity index (χ3v) is 2.00. The molecular weight excluding hydrogens is 178 g/mol. The summed E-state index contributed by atoms with van der Waals surface area (Å²) in [6.45, 7) is 6.17. The van der Waals surface area contributed by atoms with Gasteiger partial charge in [-0.05, 0) is 26.8 Å². The van der Waals surface area contributed by atoms with Gasteiger partial charge in [0, 0.05) is 11.4 Å². The first-order valence-corrected chi connectivity index (χ1v) is 4.59. The molecule has 0 aromatic carbocycles. The molecule has 0 amide bonds. The van der Waals surface area contributed by atoms with Crippen molar-refractivity contribution >= 4 is 18.3 Å². The van der Waals surface area contributed by atoms with Gasteiger partial charge in [0.1, 0.15) is 12.5 Å². The average molecular weight is 193 g/mol. The zero-order valence-corrected chi connectivity index (χ0v) is 8.77. The van der Waals surface area contributed by atoms with Gasteiger partial charge in [-0.1, -0.05) is 0 Å². The van der Waals surface area contributed by atoms with Crippen molar-refractivity contribution in [2.75, 3.05) is 6.54 Å². The Kier molecular flexibility index (Phi) is 3.56. The van der Waals surface area contributed by atoms with E-state index in [1.54, 1.807) is 6.34 Å². The first-order valence-electron chi connectivity index (χ1n) is 4.59. The van der Waals surface area contributed by atoms with E-state index in [-0.39, 0.29) is 12.7 Å². The standard InChI is InChI=1S/C10H15N3O/c1-8-6-9(2)13(10(3)12-8)7-11-4-5-14/h5-7,10H,4H2,1-3H3/b11-7-. The zero-order valence-electron chi connectivity index (χ0n) is 8.77. The van der Waals surface area contributed by atoms with E-state index in [0.29, 0.717) is 0 Å². The van der Waals surface area contributed by atoms with Gasteiger partial charge in [-0.15, -0.1) is 0 Å². The quantitative estimate of drug-likeness (QED) is 0.384. The lowest BCUT2D eigenvalue weighted by molar-refractivity contribution is -0.106. The van der Waals surface area contributed by atoms with Gasteiger partial charge in [0.25, 0.3) is 0 Å². The summed E-state index contributed by atoms with van der Waals surface area (Å²) in [5.74, 6) is 0. The van der Waals surface area contributed by atoms with E-state index in [9.17, 15) is 4.79 Å². The molecule has 1 rings (SSSR count). The summed E-state index contributed by atoms with van der Waals surface area (Å²) in [5, 5.41) is 0. The molecule has 1 aliphatic heterocycles. The fourth-order valence-electron chi connectivity index (χ4n) is 1.43. The predicted octanol–water partition coefficient (Wildman–Crippen LogP) is 1.24. The minimum absolute atomic E-state index is 0.0652. The largest absolute Gasteiger partial charge is 0.314 e. The number of carbonyl (C=O) groups excluding carboxylic acids is 1. The number of rotatable bonds is 3. The van der Waals surface area contributed by atoms with Crippen LogP contribution in [0.5, 0.6) is 0 Å². The Bertz CT molecular complexity index is 304. The second kappa shape index (κ2) is 4.69. The van der Waals surface area contributed by atoms with Crippen LogP contribution in [0.4, 0.5) is 0 Å². The van der Waals surface area contributed by atoms with Crippen LogP contribution in [-0.2, 0) is 4.79 Å². The molecule has 0 aromatic rings. The van der Waals surface area contributed by atoms with Gasteiger partial charge in [-0.3, -0.25) is 9.98 Å². The fourth-order valence-corrected chi connectivity index (χ4v) is 1.43. The molecule has 0 aliphatic carbocycles. The first kappa shape index (κ1) is 10.6. The number of hydrogen-bond donors (Lipinski definition) is 0. The monoisotopic (exact) mass is 193 g/mol. The molecule has 1 atom stereocenters. The summed E-state index contributed by atoms with van der Waals surface area (Å²) < 4.78 is 0. The molecule has 0 aromatic heterocycles. The highest BCUT2D eigenvalue weighted by molar-refractivity contribution is 5.94. The molecule has 4 nitrogen and oxygen atoms in total. The van der Waals surface area contributed by atoms with Crippen LogP contribution < -0.4 is 0 Å². The molecule has 0 saturated carbocycles. The van der Waals surface area contributed by atoms with Crippen molar-refractivity contribution < 1.29 is 4.79 Å². The van der Waals surface area contributed by atoms with Gasteiger partial charge < -0.3 is 9.69 Å². The minimum Gasteiger partial charge on any atom is -0.314 e. The Labute approximate surface area is 84.0 Å². The maximum Gasteiger partial charge on any atom is 0.141 e. The SMILES string of the molecule is CC1=CC(C)=NC(C)N1/C=N\CC=O. The molecule has 0 radical (unpaired) electrons. The molecule has 1 aliphatic rings. The van der Waals surface area contributed by atoms with Crippen LogP contribution >= 0.6 is 0 Å². The van der Waals surface area contributed by atoms with Crippen molar-refractivity contribution in [2.45, 2.75) is 26.9 Å². The molecule has 76 valence electrons. The maximum absolute atomic E-state index is 10.1. The molecule has 0 saturated heterocycles. The van der Waals surface area contributed by atoms with E-state index in [4.69, 9.17) is 0 Å². The maximum atomic E-state index is 10.1. The Morgan fingerprint density at radius 3 is 2.93 bits per heavy atom. The number of allylic oxidation sites excluding steroid dienone is 2. The van der Waals surface area contributed by atoms with E-state index in [1.807, 2.05) is 31.7 Å². The first-order chi connectivity index (χ1) is 6.65. The third kappa shape index (κ3) is 2.52. The Morgan fingerprint density at radius 1 is 1.64 bits per heavy atom. The number of aldehydes is 1. The van der Waals surface area contributed by atoms with Crippen molar-refractivity contribution in [1.29, 1.82) is 0 Å². The van der Waals surface area contributed by atoms with Crippen LogP contribution in [0.1, 0.15) is 20.8 Å². The van der Waals surface area contributed by atoms with Crippen molar-refractivity contribution in [3.05, 3.63) is 11.8 Å². The highest BCUT2D eigenvalue weighted by Crippen LogP contribution is 2.13. The van der Waals surface area contributed by atoms with E-state index < -0.39 is 0 Å². The van der Waals surface area contributed by atoms with E-state index in [0.717, 1.165) is 17.7 Å². The zero-order chi connectivity index (χ0) is 10.6. The van der Waals surface area contributed by atoms with Gasteiger partial charge in [-0.2, -0.15) is 0 Å². The molecule has 0 spiro atoms. The van der Waals surface area contributed by atoms with Crippen LogP contribution in [0.2, 0.25) is 0 Å². The van der Waals surface area contributed by atoms with Crippen LogP contribution in [0.3, 0.4) is 0 Å². The number of carbonyl (C=O) groups is 1. The van der Waals surface area contributed by atoms with Crippen LogP contribution in [0, 0.1) is 0 Å². The van der Waals surface area contributed by atoms with Crippen molar-refractivity contribution in [1.82, 2.24) is 4.90 Å². The summed E-state index contributed by atoms with van der Waals surface area (Å²) in [4.78, 5) is 20.4. The van der Waals surface area contributed by atoms with E-state index >= 15 is 0 Å². The van der Waals surface area contributed by atoms with Gasteiger partial charge in [0.05, 0.1) is 12.9 Å². The summed E-state index contributed by atoms with van der Waals surface area (Å²) in [6, 6.07) is 0. The number of nitrogens with zero attached hydrogens (tertiary/aromatic N) is 3. The highest BCUT2D eigenvalue weighted by Gasteiger charge is 2.14. The number of hydrogen-bond acceptors (Lipinski definition) is 3. The topological polar surface area (TPSA) is 45.0 Å². The average Bonchev–Trinajstić information content (AvgIpc) is 2.09. The van der Waals surface area contributed by atoms with Crippen molar-refractivity contribution in [3.8, 4) is 0 Å². The lowest BCUT2D eigenvalue weighted by atomic mass is 10.2. The summed E-state index contributed by atoms with van der Waals surface area (Å²) in [7, 11) is 0. The van der Waals surface area contributed by atoms with E-state index in [2.05, 4.69) is 9.98 Å². The van der Waals surface area contributed by atoms with Gasteiger partial charge in [-0.25, -0.2) is 0 Å². The molecule has 0 N–H and O–H groups in total. The third-order valence-electron chi connectivity index (χ3n) is 2.00. The predicted molar refractivity (Wildman–Crippen MR) is 57.6 cm³/mol. The molecule has 0 bridgehead atoms. The lowest BCUT2D eigenvalue weighted by Crippen LogP contribution is -2.32. The molecule has 0 fully saturated rings. The normalized spacial score (nSPS) is 22.2. The highest BCUT2D eigenvalue weighted by atomic mass is 16.1. The molecule has 4 heteroatoms. The molecule has 1 heterocycles. The summed E-state index contributed by atoms with van der Waals surface area (Å²) in [6.07, 6.45) is 4.50. The number of aliphatic imine (C=N–C) groups is 2. The van der Waals surface area contributed by atoms with Crippen LogP contribution in [-0.4, -0.2) is 35.9 Å². The molecular formula is C10H15N3O. The van der Waals surface area contributed by atoms with Crippen molar-refractivity contribution in [2.24, 2.45) is 9.98 Å². The summed E-state index contributed by atoms with van der Waals surface area (Å²) >= 11 is 0. The minimum atomic E-state index is 0.0652. The Balaban J connectivity index is 2.71. The van der Waals surface area contributed by atoms with Crippen molar-refractivity contribution in [3.63, 3.8) is 0 Å². The van der Waals surface area contributed by atoms with Gasteiger partial charge in [0.2, 0.25) is 0 Å². The van der Waals surface area contributed by atoms with Crippen LogP contribution in [0.15, 0.2) is 21.8 Å². The summed E-state index contributed by atoms with van der Waals surface area (Å²) in [5.41, 5.74) is 2.12. The van der Waals surface area contributed by atoms with Crippen LogP contribution in [0.25, 0.3) is 0 Å². The van der Waals surface area contributed by atoms with Gasteiger partial charge in [0.15, 0.2) is 0 Å². The second-order valence-electron chi connectivity index (χ2n) is 3.24. The lowest BCUT2D eigenvalue weighted by Gasteiger charge is -2.28. The second-order valence-corrected chi connectivity index (χ2v) is 3.24. The Morgan fingerprint density at radius 2 is 2.36 bits per heavy atom. The smallest absolute Gasteiger partial charge is 0.141 e. The van der Waals surface area contributed by atoms with E-state index in [1.165, 1.54) is 0 Å².